The maximum atomic E-state index is 5.70. The standard InChI is InChI=1S/C15H21N3O2/c1-12(16)6-5-9-15-17-14(18-20-15)10-11-19-13-7-3-2-4-8-13/h2-4,7-8,12H,5-6,9-11,16H2,1H3. The minimum atomic E-state index is 0.219. The number of hydrogen-bond donors (Lipinski definition) is 1. The van der Waals surface area contributed by atoms with Gasteiger partial charge in [-0.25, -0.2) is 0 Å². The quantitative estimate of drug-likeness (QED) is 0.800. The average Bonchev–Trinajstić information content (AvgIpc) is 2.87. The predicted molar refractivity (Wildman–Crippen MR) is 76.5 cm³/mol. The van der Waals surface area contributed by atoms with Gasteiger partial charge < -0.3 is 15.0 Å². The van der Waals surface area contributed by atoms with Crippen LogP contribution in [0.5, 0.6) is 5.75 Å². The first-order valence-corrected chi connectivity index (χ1v) is 6.99. The molecule has 2 N–H and O–H groups in total. The predicted octanol–water partition coefficient (Wildman–Crippen LogP) is 2.36. The normalized spacial score (nSPS) is 12.3. The van der Waals surface area contributed by atoms with Crippen LogP contribution in [0.1, 0.15) is 31.5 Å². The highest BCUT2D eigenvalue weighted by atomic mass is 16.5. The summed E-state index contributed by atoms with van der Waals surface area (Å²) in [4.78, 5) is 4.34. The number of rotatable bonds is 8. The van der Waals surface area contributed by atoms with E-state index in [-0.39, 0.29) is 6.04 Å². The highest BCUT2D eigenvalue weighted by Gasteiger charge is 2.07. The summed E-state index contributed by atoms with van der Waals surface area (Å²) in [7, 11) is 0. The zero-order valence-electron chi connectivity index (χ0n) is 11.8. The van der Waals surface area contributed by atoms with Gasteiger partial charge in [-0.3, -0.25) is 0 Å². The van der Waals surface area contributed by atoms with Crippen molar-refractivity contribution in [1.29, 1.82) is 0 Å². The molecule has 1 aromatic carbocycles. The fourth-order valence-corrected chi connectivity index (χ4v) is 1.85. The summed E-state index contributed by atoms with van der Waals surface area (Å²) in [5.41, 5.74) is 5.70. The number of benzene rings is 1. The lowest BCUT2D eigenvalue weighted by atomic mass is 10.1. The molecule has 20 heavy (non-hydrogen) atoms. The molecule has 1 atom stereocenters. The van der Waals surface area contributed by atoms with Crippen LogP contribution in [0.2, 0.25) is 0 Å². The molecule has 5 heteroatoms. The summed E-state index contributed by atoms with van der Waals surface area (Å²) in [6.45, 7) is 2.54. The molecule has 5 nitrogen and oxygen atoms in total. The molecule has 108 valence electrons. The molecular formula is C15H21N3O2. The largest absolute Gasteiger partial charge is 0.493 e. The summed E-state index contributed by atoms with van der Waals surface area (Å²) in [5.74, 6) is 2.23. The van der Waals surface area contributed by atoms with Gasteiger partial charge in [-0.05, 0) is 31.9 Å². The van der Waals surface area contributed by atoms with Crippen LogP contribution in [0.4, 0.5) is 0 Å². The van der Waals surface area contributed by atoms with Gasteiger partial charge in [-0.1, -0.05) is 23.4 Å². The molecule has 0 aliphatic carbocycles. The first kappa shape index (κ1) is 14.5. The van der Waals surface area contributed by atoms with E-state index in [1.807, 2.05) is 37.3 Å². The zero-order valence-corrected chi connectivity index (χ0v) is 11.8. The molecule has 0 aliphatic rings. The van der Waals surface area contributed by atoms with Gasteiger partial charge in [0.1, 0.15) is 5.75 Å². The summed E-state index contributed by atoms with van der Waals surface area (Å²) in [6, 6.07) is 9.92. The van der Waals surface area contributed by atoms with Crippen molar-refractivity contribution in [3.8, 4) is 5.75 Å². The molecule has 0 aliphatic heterocycles. The molecule has 1 aromatic heterocycles. The maximum Gasteiger partial charge on any atom is 0.226 e. The average molecular weight is 275 g/mol. The molecule has 2 aromatic rings. The summed E-state index contributed by atoms with van der Waals surface area (Å²) in [6.07, 6.45) is 3.37. The molecule has 1 heterocycles. The minimum absolute atomic E-state index is 0.219. The van der Waals surface area contributed by atoms with Crippen molar-refractivity contribution in [1.82, 2.24) is 10.1 Å². The van der Waals surface area contributed by atoms with E-state index in [1.165, 1.54) is 0 Å². The number of nitrogens with two attached hydrogens (primary N) is 1. The first-order valence-electron chi connectivity index (χ1n) is 6.99. The number of ether oxygens (including phenoxy) is 1. The lowest BCUT2D eigenvalue weighted by molar-refractivity contribution is 0.313. The van der Waals surface area contributed by atoms with Gasteiger partial charge in [0.25, 0.3) is 0 Å². The lowest BCUT2D eigenvalue weighted by Crippen LogP contribution is -2.14. The smallest absolute Gasteiger partial charge is 0.226 e. The van der Waals surface area contributed by atoms with Crippen molar-refractivity contribution < 1.29 is 9.26 Å². The fourth-order valence-electron chi connectivity index (χ4n) is 1.85. The molecule has 1 unspecified atom stereocenters. The Hall–Kier alpha value is -1.88. The second-order valence-electron chi connectivity index (χ2n) is 4.89. The van der Waals surface area contributed by atoms with E-state index in [2.05, 4.69) is 10.1 Å². The highest BCUT2D eigenvalue weighted by Crippen LogP contribution is 2.09. The molecular weight excluding hydrogens is 254 g/mol. The molecule has 0 amide bonds. The van der Waals surface area contributed by atoms with E-state index in [0.29, 0.717) is 24.7 Å². The van der Waals surface area contributed by atoms with Gasteiger partial charge >= 0.3 is 0 Å². The molecule has 0 spiro atoms. The molecule has 0 radical (unpaired) electrons. The summed E-state index contributed by atoms with van der Waals surface area (Å²) in [5, 5.41) is 3.95. The molecule has 0 bridgehead atoms. The second kappa shape index (κ2) is 7.65. The van der Waals surface area contributed by atoms with Crippen molar-refractivity contribution >= 4 is 0 Å². The van der Waals surface area contributed by atoms with E-state index in [1.54, 1.807) is 0 Å². The van der Waals surface area contributed by atoms with E-state index < -0.39 is 0 Å². The van der Waals surface area contributed by atoms with Crippen molar-refractivity contribution in [2.45, 2.75) is 38.6 Å². The minimum Gasteiger partial charge on any atom is -0.493 e. The van der Waals surface area contributed by atoms with Crippen LogP contribution >= 0.6 is 0 Å². The number of aromatic nitrogens is 2. The highest BCUT2D eigenvalue weighted by molar-refractivity contribution is 5.20. The van der Waals surface area contributed by atoms with Gasteiger partial charge in [0, 0.05) is 18.9 Å². The molecule has 0 saturated heterocycles. The first-order chi connectivity index (χ1) is 9.74. The van der Waals surface area contributed by atoms with Crippen molar-refractivity contribution in [2.75, 3.05) is 6.61 Å². The summed E-state index contributed by atoms with van der Waals surface area (Å²) >= 11 is 0. The Labute approximate surface area is 119 Å². The lowest BCUT2D eigenvalue weighted by Gasteiger charge is -2.02. The van der Waals surface area contributed by atoms with Crippen molar-refractivity contribution in [3.63, 3.8) is 0 Å². The summed E-state index contributed by atoms with van der Waals surface area (Å²) < 4.78 is 10.8. The van der Waals surface area contributed by atoms with Crippen LogP contribution in [-0.4, -0.2) is 22.8 Å². The van der Waals surface area contributed by atoms with Gasteiger partial charge in [0.05, 0.1) is 6.61 Å². The zero-order chi connectivity index (χ0) is 14.2. The van der Waals surface area contributed by atoms with Crippen LogP contribution < -0.4 is 10.5 Å². The number of hydrogen-bond acceptors (Lipinski definition) is 5. The number of aryl methyl sites for hydroxylation is 1. The third-order valence-corrected chi connectivity index (χ3v) is 2.90. The Kier molecular flexibility index (Phi) is 5.55. The molecule has 2 rings (SSSR count). The Balaban J connectivity index is 1.70. The van der Waals surface area contributed by atoms with E-state index >= 15 is 0 Å². The third kappa shape index (κ3) is 5.01. The van der Waals surface area contributed by atoms with Crippen LogP contribution in [0.3, 0.4) is 0 Å². The van der Waals surface area contributed by atoms with Gasteiger partial charge in [0.2, 0.25) is 5.89 Å². The Morgan fingerprint density at radius 2 is 2.05 bits per heavy atom. The van der Waals surface area contributed by atoms with Crippen LogP contribution in [-0.2, 0) is 12.8 Å². The molecule has 0 saturated carbocycles. The Morgan fingerprint density at radius 1 is 1.25 bits per heavy atom. The third-order valence-electron chi connectivity index (χ3n) is 2.90. The van der Waals surface area contributed by atoms with Gasteiger partial charge in [-0.15, -0.1) is 0 Å². The maximum absolute atomic E-state index is 5.70. The number of nitrogens with zero attached hydrogens (tertiary/aromatic N) is 2. The van der Waals surface area contributed by atoms with E-state index in [9.17, 15) is 0 Å². The van der Waals surface area contributed by atoms with Gasteiger partial charge in [0.15, 0.2) is 5.82 Å². The monoisotopic (exact) mass is 275 g/mol. The number of para-hydroxylation sites is 1. The topological polar surface area (TPSA) is 74.2 Å². The second-order valence-corrected chi connectivity index (χ2v) is 4.89. The van der Waals surface area contributed by atoms with Crippen molar-refractivity contribution in [2.24, 2.45) is 5.73 Å². The molecule has 0 fully saturated rings. The van der Waals surface area contributed by atoms with E-state index in [0.717, 1.165) is 25.0 Å². The van der Waals surface area contributed by atoms with Crippen molar-refractivity contribution in [3.05, 3.63) is 42.0 Å². The SMILES string of the molecule is CC(N)CCCc1nc(CCOc2ccccc2)no1. The van der Waals surface area contributed by atoms with Crippen LogP contribution in [0.25, 0.3) is 0 Å². The Morgan fingerprint density at radius 3 is 2.80 bits per heavy atom. The van der Waals surface area contributed by atoms with Crippen LogP contribution in [0, 0.1) is 0 Å². The van der Waals surface area contributed by atoms with Crippen LogP contribution in [0.15, 0.2) is 34.9 Å². The van der Waals surface area contributed by atoms with Gasteiger partial charge in [-0.2, -0.15) is 4.98 Å². The fraction of sp³-hybridized carbons (Fsp3) is 0.467. The van der Waals surface area contributed by atoms with E-state index in [4.69, 9.17) is 15.0 Å². The Bertz CT molecular complexity index is 497.